The van der Waals surface area contributed by atoms with Crippen LogP contribution in [-0.2, 0) is 32.2 Å². The van der Waals surface area contributed by atoms with Crippen molar-refractivity contribution in [3.8, 4) is 0 Å². The molecular formula is C20H28N11O11P2+. The molecule has 238 valence electrons. The predicted molar refractivity (Wildman–Crippen MR) is 145 cm³/mol. The minimum atomic E-state index is -5.02. The van der Waals surface area contributed by atoms with Crippen molar-refractivity contribution in [2.75, 3.05) is 24.3 Å². The van der Waals surface area contributed by atoms with E-state index in [0.717, 1.165) is 0 Å². The number of guanidine groups is 1. The number of hydrogen-bond donors (Lipinski definition) is 8. The Labute approximate surface area is 247 Å². The van der Waals surface area contributed by atoms with Crippen LogP contribution in [0.2, 0.25) is 0 Å². The maximum Gasteiger partial charge on any atom is 0.695 e. The Morgan fingerprint density at radius 3 is 2.68 bits per heavy atom. The van der Waals surface area contributed by atoms with Crippen LogP contribution in [0.1, 0.15) is 30.7 Å². The minimum Gasteiger partial charge on any atom is -0.394 e. The molecule has 0 bridgehead atoms. The van der Waals surface area contributed by atoms with Crippen LogP contribution in [0, 0.1) is 0 Å². The van der Waals surface area contributed by atoms with Gasteiger partial charge in [-0.2, -0.15) is 0 Å². The third kappa shape index (κ3) is 5.78. The summed E-state index contributed by atoms with van der Waals surface area (Å²) in [5.74, 6) is 0.321. The molecule has 0 radical (unpaired) electrons. The molecule has 0 aliphatic carbocycles. The van der Waals surface area contributed by atoms with Crippen LogP contribution in [0.25, 0.3) is 11.2 Å². The Hall–Kier alpha value is -3.24. The molecule has 0 spiro atoms. The molecule has 6 heterocycles. The fourth-order valence-electron chi connectivity index (χ4n) is 5.17. The average Bonchev–Trinajstić information content (AvgIpc) is 3.73. The molecule has 3 aromatic rings. The number of ether oxygens (including phenoxy) is 2. The molecule has 24 heteroatoms. The van der Waals surface area contributed by atoms with Gasteiger partial charge in [-0.15, -0.1) is 9.42 Å². The number of aromatic nitrogens is 6. The molecule has 0 amide bonds. The molecule has 2 saturated heterocycles. The lowest BCUT2D eigenvalue weighted by Crippen LogP contribution is -2.36. The molecule has 11 N–H and O–H groups in total. The van der Waals surface area contributed by atoms with Gasteiger partial charge in [0.05, 0.1) is 25.9 Å². The van der Waals surface area contributed by atoms with Crippen molar-refractivity contribution in [1.29, 1.82) is 0 Å². The number of phosphoric ester groups is 1. The van der Waals surface area contributed by atoms with Crippen molar-refractivity contribution in [3.63, 3.8) is 0 Å². The van der Waals surface area contributed by atoms with E-state index < -0.39 is 78.4 Å². The van der Waals surface area contributed by atoms with E-state index in [1.54, 1.807) is 0 Å². The Morgan fingerprint density at radius 2 is 1.93 bits per heavy atom. The number of aliphatic hydroxyl groups excluding tert-OH is 2. The molecular weight excluding hydrogens is 632 g/mol. The van der Waals surface area contributed by atoms with Gasteiger partial charge in [-0.1, -0.05) is 0 Å². The first kappa shape index (κ1) is 30.8. The number of aliphatic imine (C=N–C) groups is 1. The number of imidazole rings is 2. The highest BCUT2D eigenvalue weighted by molar-refractivity contribution is 7.47. The number of hydrogen-bond acceptors (Lipinski definition) is 18. The molecule has 10 atom stereocenters. The summed E-state index contributed by atoms with van der Waals surface area (Å²) in [5, 5.41) is 23.3. The summed E-state index contributed by atoms with van der Waals surface area (Å²) in [6, 6.07) is 0. The van der Waals surface area contributed by atoms with Crippen LogP contribution in [0.5, 0.6) is 0 Å². The molecule has 0 aromatic carbocycles. The third-order valence-electron chi connectivity index (χ3n) is 7.15. The summed E-state index contributed by atoms with van der Waals surface area (Å²) in [7, 11) is -8.11. The number of nitrogens with two attached hydrogens (primary N) is 3. The Balaban J connectivity index is 1.18. The van der Waals surface area contributed by atoms with Gasteiger partial charge in [0.1, 0.15) is 66.3 Å². The smallest absolute Gasteiger partial charge is 0.394 e. The van der Waals surface area contributed by atoms with Crippen molar-refractivity contribution in [2.24, 2.45) is 16.5 Å². The van der Waals surface area contributed by atoms with Crippen molar-refractivity contribution < 1.29 is 52.2 Å². The lowest BCUT2D eigenvalue weighted by molar-refractivity contribution is -0.0584. The van der Waals surface area contributed by atoms with E-state index in [1.165, 1.54) is 28.1 Å². The fourth-order valence-corrected chi connectivity index (χ4v) is 6.55. The quantitative estimate of drug-likeness (QED) is 0.110. The lowest BCUT2D eigenvalue weighted by Gasteiger charge is -2.26. The summed E-state index contributed by atoms with van der Waals surface area (Å²) in [5.41, 5.74) is 18.5. The van der Waals surface area contributed by atoms with Crippen molar-refractivity contribution >= 4 is 44.8 Å². The number of fused-ring (bicyclic) bond motifs is 2. The predicted octanol–water partition coefficient (Wildman–Crippen LogP) is -1.92. The van der Waals surface area contributed by atoms with Gasteiger partial charge in [0.25, 0.3) is 0 Å². The standard InChI is InChI=1S/C20H27N11O11P2/c21-15-11-17(25-4-24-15)30(5-26-11)10-1-7(41-43(34)35)9(39-10)3-38-44(36,37)42-14-13(33)8(2-32)40-19(14)31-6-27-12-16(22)28-20(23)29-18(12)31/h4-10,13-14,16,19,32-33H,1-3,22H2,(H6-,21,23,24,25,28,29,34,35,36,37)/p+1/t7?,8-,9-,10-,13?,14?,16?,19-/m1/s1. The highest BCUT2D eigenvalue weighted by Crippen LogP contribution is 2.50. The zero-order valence-electron chi connectivity index (χ0n) is 22.4. The van der Waals surface area contributed by atoms with Crippen LogP contribution >= 0.6 is 16.1 Å². The van der Waals surface area contributed by atoms with Crippen molar-refractivity contribution in [1.82, 2.24) is 29.1 Å². The third-order valence-corrected chi connectivity index (χ3v) is 8.59. The van der Waals surface area contributed by atoms with Gasteiger partial charge in [0, 0.05) is 11.0 Å². The molecule has 44 heavy (non-hydrogen) atoms. The minimum absolute atomic E-state index is 0.00432. The van der Waals surface area contributed by atoms with E-state index in [4.69, 9.17) is 40.2 Å². The number of nitrogen functional groups attached to an aromatic ring is 1. The van der Waals surface area contributed by atoms with Crippen molar-refractivity contribution in [3.05, 3.63) is 24.7 Å². The molecule has 22 nitrogen and oxygen atoms in total. The van der Waals surface area contributed by atoms with Crippen LogP contribution in [-0.4, -0.2) is 98.8 Å². The van der Waals surface area contributed by atoms with E-state index in [0.29, 0.717) is 11.2 Å². The highest BCUT2D eigenvalue weighted by atomic mass is 31.2. The Morgan fingerprint density at radius 1 is 1.16 bits per heavy atom. The van der Waals surface area contributed by atoms with E-state index in [9.17, 15) is 29.1 Å². The SMILES string of the molecule is NC1=NC(N)c2ncn([C@@H]3O[C@H](CO)C(O)C3OP(=O)(O)OC[C@H]3O[C@@H](n4cnc5c(N)ncnc54)CC3O[P+](=O)O)c2N1. The van der Waals surface area contributed by atoms with Crippen molar-refractivity contribution in [2.45, 2.75) is 55.6 Å². The molecule has 6 rings (SSSR count). The fraction of sp³-hybridized carbons (Fsp3) is 0.550. The van der Waals surface area contributed by atoms with Gasteiger partial charge in [0.2, 0.25) is 0 Å². The molecule has 0 saturated carbocycles. The summed E-state index contributed by atoms with van der Waals surface area (Å²) < 4.78 is 54.8. The average molecular weight is 660 g/mol. The number of anilines is 2. The lowest BCUT2D eigenvalue weighted by atomic mass is 10.1. The topological polar surface area (TPSA) is 325 Å². The number of nitrogens with one attached hydrogen (secondary N) is 1. The second kappa shape index (κ2) is 11.9. The van der Waals surface area contributed by atoms with Gasteiger partial charge in [-0.25, -0.2) is 29.5 Å². The maximum absolute atomic E-state index is 13.2. The monoisotopic (exact) mass is 660 g/mol. The maximum atomic E-state index is 13.2. The van der Waals surface area contributed by atoms with Crippen LogP contribution in [0.3, 0.4) is 0 Å². The summed E-state index contributed by atoms with van der Waals surface area (Å²) in [6.07, 6.45) is -5.78. The van der Waals surface area contributed by atoms with Gasteiger partial charge < -0.3 is 47.1 Å². The van der Waals surface area contributed by atoms with Gasteiger partial charge in [-0.05, 0) is 0 Å². The normalized spacial score (nSPS) is 31.8. The van der Waals surface area contributed by atoms with Crippen LogP contribution in [0.4, 0.5) is 11.6 Å². The van der Waals surface area contributed by atoms with Crippen LogP contribution in [0.15, 0.2) is 24.0 Å². The Kier molecular flexibility index (Phi) is 8.34. The van der Waals surface area contributed by atoms with Crippen LogP contribution < -0.4 is 22.5 Å². The molecule has 6 unspecified atom stereocenters. The first-order chi connectivity index (χ1) is 21.0. The van der Waals surface area contributed by atoms with E-state index >= 15 is 0 Å². The van der Waals surface area contributed by atoms with E-state index in [1.807, 2.05) is 0 Å². The number of phosphoric acid groups is 1. The molecule has 3 aliphatic heterocycles. The van der Waals surface area contributed by atoms with Gasteiger partial charge in [-0.3, -0.25) is 18.2 Å². The second-order valence-electron chi connectivity index (χ2n) is 9.87. The summed E-state index contributed by atoms with van der Waals surface area (Å²) in [6.45, 7) is -1.31. The van der Waals surface area contributed by atoms with Gasteiger partial charge >= 0.3 is 16.1 Å². The summed E-state index contributed by atoms with van der Waals surface area (Å²) in [4.78, 5) is 40.4. The number of aliphatic hydroxyl groups is 2. The summed E-state index contributed by atoms with van der Waals surface area (Å²) >= 11 is 0. The van der Waals surface area contributed by atoms with E-state index in [-0.39, 0.29) is 29.7 Å². The first-order valence-corrected chi connectivity index (χ1v) is 15.5. The van der Waals surface area contributed by atoms with Gasteiger partial charge in [0.15, 0.2) is 23.7 Å². The highest BCUT2D eigenvalue weighted by Gasteiger charge is 2.51. The Bertz CT molecular complexity index is 1640. The molecule has 2 fully saturated rings. The molecule has 3 aromatic heterocycles. The zero-order chi connectivity index (χ0) is 31.3. The second-order valence-corrected chi connectivity index (χ2v) is 12.0. The number of rotatable bonds is 10. The van der Waals surface area contributed by atoms with E-state index in [2.05, 4.69) is 30.2 Å². The largest absolute Gasteiger partial charge is 0.695 e. The zero-order valence-corrected chi connectivity index (χ0v) is 24.2. The number of nitrogens with zero attached hydrogens (tertiary/aromatic N) is 7. The first-order valence-electron chi connectivity index (χ1n) is 12.9. The molecule has 3 aliphatic rings.